The summed E-state index contributed by atoms with van der Waals surface area (Å²) in [7, 11) is 0. The maximum atomic E-state index is 3.47. The Hall–Kier alpha value is -2.81. The van der Waals surface area contributed by atoms with E-state index in [0.29, 0.717) is 0 Å². The molecule has 0 unspecified atom stereocenters. The molecule has 0 saturated heterocycles. The summed E-state index contributed by atoms with van der Waals surface area (Å²) < 4.78 is 0. The molecular formula is C19H18N3+. The van der Waals surface area contributed by atoms with Crippen LogP contribution >= 0.6 is 0 Å². The number of para-hydroxylation sites is 2. The number of fused-ring (bicyclic) bond motifs is 2. The van der Waals surface area contributed by atoms with Gasteiger partial charge in [0.05, 0.1) is 6.54 Å². The van der Waals surface area contributed by atoms with Gasteiger partial charge in [0.15, 0.2) is 0 Å². The fraction of sp³-hybridized carbons (Fsp3) is 0.105. The van der Waals surface area contributed by atoms with Crippen LogP contribution in [-0.2, 0) is 6.42 Å². The van der Waals surface area contributed by atoms with Gasteiger partial charge in [-0.3, -0.25) is 5.32 Å². The average molecular weight is 288 g/mol. The second-order valence-corrected chi connectivity index (χ2v) is 5.50. The number of nitrogens with one attached hydrogen (secondary N) is 3. The summed E-state index contributed by atoms with van der Waals surface area (Å²) in [5.74, 6) is 1.05. The van der Waals surface area contributed by atoms with Crippen LogP contribution in [0.1, 0.15) is 5.56 Å². The van der Waals surface area contributed by atoms with Crippen molar-refractivity contribution in [1.29, 1.82) is 0 Å². The van der Waals surface area contributed by atoms with Crippen molar-refractivity contribution in [1.82, 2.24) is 4.98 Å². The minimum absolute atomic E-state index is 0.899. The summed E-state index contributed by atoms with van der Waals surface area (Å²) in [5.41, 5.74) is 3.71. The maximum absolute atomic E-state index is 3.47. The molecule has 0 atom stereocenters. The van der Waals surface area contributed by atoms with Gasteiger partial charge in [-0.25, -0.2) is 4.98 Å². The number of aromatic nitrogens is 2. The number of benzene rings is 2. The fourth-order valence-corrected chi connectivity index (χ4v) is 2.89. The molecule has 3 N–H and O–H groups in total. The zero-order valence-electron chi connectivity index (χ0n) is 12.3. The number of aromatic amines is 2. The maximum Gasteiger partial charge on any atom is 0.272 e. The first-order valence-electron chi connectivity index (χ1n) is 7.60. The molecule has 2 heterocycles. The summed E-state index contributed by atoms with van der Waals surface area (Å²) in [6.07, 6.45) is 3.10. The number of hydrogen-bond acceptors (Lipinski definition) is 1. The van der Waals surface area contributed by atoms with Crippen molar-refractivity contribution in [3.63, 3.8) is 0 Å². The molecule has 3 nitrogen and oxygen atoms in total. The van der Waals surface area contributed by atoms with Crippen molar-refractivity contribution in [2.45, 2.75) is 6.42 Å². The number of pyridine rings is 1. The summed E-state index contributed by atoms with van der Waals surface area (Å²) >= 11 is 0. The minimum atomic E-state index is 0.899. The van der Waals surface area contributed by atoms with Crippen LogP contribution in [0.4, 0.5) is 5.82 Å². The van der Waals surface area contributed by atoms with E-state index >= 15 is 0 Å². The van der Waals surface area contributed by atoms with Crippen LogP contribution in [0.15, 0.2) is 66.9 Å². The summed E-state index contributed by atoms with van der Waals surface area (Å²) in [4.78, 5) is 6.75. The molecule has 0 aliphatic heterocycles. The van der Waals surface area contributed by atoms with Crippen molar-refractivity contribution >= 4 is 27.6 Å². The minimum Gasteiger partial charge on any atom is -0.361 e. The standard InChI is InChI=1S/C19H17N3/c1-3-7-17-14(5-1)9-10-19(22-17)20-12-11-15-13-21-18-8-4-2-6-16(15)18/h1-10,13,21H,11-12H2,(H,20,22)/p+1. The molecule has 108 valence electrons. The number of anilines is 1. The van der Waals surface area contributed by atoms with Crippen LogP contribution in [0.5, 0.6) is 0 Å². The van der Waals surface area contributed by atoms with Gasteiger partial charge in [-0.1, -0.05) is 36.4 Å². The molecule has 0 aliphatic rings. The van der Waals surface area contributed by atoms with Crippen molar-refractivity contribution in [3.05, 3.63) is 72.4 Å². The molecule has 0 bridgehead atoms. The highest BCUT2D eigenvalue weighted by molar-refractivity contribution is 5.83. The summed E-state index contributed by atoms with van der Waals surface area (Å²) in [6.45, 7) is 0.899. The lowest BCUT2D eigenvalue weighted by Crippen LogP contribution is -2.15. The van der Waals surface area contributed by atoms with Crippen LogP contribution in [0.3, 0.4) is 0 Å². The summed E-state index contributed by atoms with van der Waals surface area (Å²) in [6, 6.07) is 21.0. The second-order valence-electron chi connectivity index (χ2n) is 5.50. The molecular weight excluding hydrogens is 270 g/mol. The van der Waals surface area contributed by atoms with Crippen molar-refractivity contribution in [3.8, 4) is 0 Å². The lowest BCUT2D eigenvalue weighted by Gasteiger charge is -2.01. The number of H-pyrrole nitrogens is 2. The normalized spacial score (nSPS) is 11.1. The Labute approximate surface area is 129 Å². The van der Waals surface area contributed by atoms with Crippen molar-refractivity contribution in [2.75, 3.05) is 11.9 Å². The number of hydrogen-bond donors (Lipinski definition) is 2. The first kappa shape index (κ1) is 12.9. The Balaban J connectivity index is 1.47. The lowest BCUT2D eigenvalue weighted by atomic mass is 10.1. The number of rotatable bonds is 4. The average Bonchev–Trinajstić information content (AvgIpc) is 2.98. The van der Waals surface area contributed by atoms with E-state index in [9.17, 15) is 0 Å². The molecule has 0 spiro atoms. The third-order valence-corrected chi connectivity index (χ3v) is 4.04. The third kappa shape index (κ3) is 2.42. The van der Waals surface area contributed by atoms with Crippen LogP contribution in [0.2, 0.25) is 0 Å². The quantitative estimate of drug-likeness (QED) is 0.589. The van der Waals surface area contributed by atoms with E-state index < -0.39 is 0 Å². The zero-order chi connectivity index (χ0) is 14.8. The summed E-state index contributed by atoms with van der Waals surface area (Å²) in [5, 5.41) is 6.01. The van der Waals surface area contributed by atoms with E-state index in [2.05, 4.69) is 82.1 Å². The predicted octanol–water partition coefficient (Wildman–Crippen LogP) is 3.79. The van der Waals surface area contributed by atoms with Crippen molar-refractivity contribution < 1.29 is 4.98 Å². The van der Waals surface area contributed by atoms with Gasteiger partial charge >= 0.3 is 0 Å². The van der Waals surface area contributed by atoms with Gasteiger partial charge in [-0.2, -0.15) is 0 Å². The predicted molar refractivity (Wildman–Crippen MR) is 91.0 cm³/mol. The Bertz CT molecular complexity index is 924. The largest absolute Gasteiger partial charge is 0.361 e. The molecule has 0 aliphatic carbocycles. The van der Waals surface area contributed by atoms with Gasteiger partial charge in [-0.15, -0.1) is 0 Å². The van der Waals surface area contributed by atoms with Crippen LogP contribution in [-0.4, -0.2) is 11.5 Å². The van der Waals surface area contributed by atoms with Gasteiger partial charge in [0.25, 0.3) is 5.82 Å². The lowest BCUT2D eigenvalue weighted by molar-refractivity contribution is -0.327. The highest BCUT2D eigenvalue weighted by Gasteiger charge is 2.06. The van der Waals surface area contributed by atoms with Gasteiger partial charge in [0.2, 0.25) is 0 Å². The Kier molecular flexibility index (Phi) is 3.24. The monoisotopic (exact) mass is 288 g/mol. The van der Waals surface area contributed by atoms with E-state index in [4.69, 9.17) is 0 Å². The van der Waals surface area contributed by atoms with Crippen LogP contribution in [0.25, 0.3) is 21.8 Å². The van der Waals surface area contributed by atoms with Gasteiger partial charge in [0, 0.05) is 35.0 Å². The van der Waals surface area contributed by atoms with E-state index in [1.807, 2.05) is 0 Å². The van der Waals surface area contributed by atoms with Crippen LogP contribution < -0.4 is 10.3 Å². The second kappa shape index (κ2) is 5.53. The molecule has 0 amide bonds. The first-order chi connectivity index (χ1) is 10.9. The fourth-order valence-electron chi connectivity index (χ4n) is 2.89. The smallest absolute Gasteiger partial charge is 0.272 e. The molecule has 0 fully saturated rings. The highest BCUT2D eigenvalue weighted by atomic mass is 15.0. The van der Waals surface area contributed by atoms with E-state index in [1.54, 1.807) is 0 Å². The van der Waals surface area contributed by atoms with E-state index in [0.717, 1.165) is 24.3 Å². The van der Waals surface area contributed by atoms with Gasteiger partial charge in [0.1, 0.15) is 5.52 Å². The third-order valence-electron chi connectivity index (χ3n) is 4.04. The van der Waals surface area contributed by atoms with E-state index in [1.165, 1.54) is 21.9 Å². The Morgan fingerprint density at radius 3 is 2.77 bits per heavy atom. The molecule has 4 rings (SSSR count). The molecule has 0 saturated carbocycles. The molecule has 2 aromatic heterocycles. The SMILES string of the molecule is c1ccc2[nH+]c(NCCc3c[nH]c4ccccc34)ccc2c1. The molecule has 2 aromatic carbocycles. The topological polar surface area (TPSA) is 42.0 Å². The van der Waals surface area contributed by atoms with Gasteiger partial charge in [-0.05, 0) is 23.8 Å². The van der Waals surface area contributed by atoms with Gasteiger partial charge < -0.3 is 4.98 Å². The Morgan fingerprint density at radius 1 is 0.909 bits per heavy atom. The molecule has 22 heavy (non-hydrogen) atoms. The van der Waals surface area contributed by atoms with Crippen molar-refractivity contribution in [2.24, 2.45) is 0 Å². The van der Waals surface area contributed by atoms with E-state index in [-0.39, 0.29) is 0 Å². The molecule has 4 aromatic rings. The zero-order valence-corrected chi connectivity index (χ0v) is 12.3. The molecule has 0 radical (unpaired) electrons. The Morgan fingerprint density at radius 2 is 1.77 bits per heavy atom. The molecule has 3 heteroatoms. The van der Waals surface area contributed by atoms with Crippen LogP contribution in [0, 0.1) is 0 Å². The highest BCUT2D eigenvalue weighted by Crippen LogP contribution is 2.18. The first-order valence-corrected chi connectivity index (χ1v) is 7.60.